The maximum Gasteiger partial charge on any atom is 0.129 e. The Morgan fingerprint density at radius 1 is 0.438 bits per heavy atom. The molecule has 0 saturated heterocycles. The van der Waals surface area contributed by atoms with Crippen molar-refractivity contribution in [3.63, 3.8) is 0 Å². The van der Waals surface area contributed by atoms with Gasteiger partial charge in [0.1, 0.15) is 16.1 Å². The third-order valence-electron chi connectivity index (χ3n) is 4.29. The van der Waals surface area contributed by atoms with E-state index in [4.69, 9.17) is 0 Å². The first-order valence-electron chi connectivity index (χ1n) is 11.3. The fraction of sp³-hybridized carbons (Fsp3) is 0.429. The molecule has 0 fully saturated rings. The molecule has 0 heterocycles. The van der Waals surface area contributed by atoms with Crippen LogP contribution in [0.2, 0.25) is 78.6 Å². The van der Waals surface area contributed by atoms with Gasteiger partial charge in [0.2, 0.25) is 0 Å². The maximum atomic E-state index is 3.43. The second-order valence-electron chi connectivity index (χ2n) is 12.2. The van der Waals surface area contributed by atoms with Crippen LogP contribution in [0.4, 0.5) is 0 Å². The van der Waals surface area contributed by atoms with E-state index in [1.165, 1.54) is 21.5 Å². The highest BCUT2D eigenvalue weighted by Gasteiger charge is 2.41. The summed E-state index contributed by atoms with van der Waals surface area (Å²) in [4.78, 5) is 0. The zero-order chi connectivity index (χ0) is 24.8. The molecular weight excluding hydrogens is 449 g/mol. The summed E-state index contributed by atoms with van der Waals surface area (Å²) in [6.07, 6.45) is 7.52. The van der Waals surface area contributed by atoms with Crippen LogP contribution in [-0.2, 0) is 0 Å². The van der Waals surface area contributed by atoms with Gasteiger partial charge >= 0.3 is 0 Å². The molecule has 0 radical (unpaired) electrons. The average molecular weight is 489 g/mol. The van der Waals surface area contributed by atoms with E-state index < -0.39 is 32.3 Å². The molecule has 4 heteroatoms. The molecule has 0 amide bonds. The second kappa shape index (κ2) is 10.8. The first-order chi connectivity index (χ1) is 14.4. The predicted octanol–water partition coefficient (Wildman–Crippen LogP) is 7.23. The van der Waals surface area contributed by atoms with E-state index in [0.717, 1.165) is 0 Å². The van der Waals surface area contributed by atoms with E-state index in [1.54, 1.807) is 0 Å². The Balaban J connectivity index is 3.36. The molecule has 0 unspecified atom stereocenters. The minimum atomic E-state index is -1.53. The Bertz CT molecular complexity index is 1010. The van der Waals surface area contributed by atoms with Gasteiger partial charge in [0.15, 0.2) is 0 Å². The Morgan fingerprint density at radius 3 is 0.969 bits per heavy atom. The second-order valence-corrected chi connectivity index (χ2v) is 31.7. The molecule has 1 aliphatic carbocycles. The molecule has 0 spiro atoms. The van der Waals surface area contributed by atoms with Crippen molar-refractivity contribution in [2.24, 2.45) is 0 Å². The van der Waals surface area contributed by atoms with Gasteiger partial charge in [0.25, 0.3) is 0 Å². The maximum absolute atomic E-state index is 3.43. The Morgan fingerprint density at radius 2 is 0.719 bits per heavy atom. The molecule has 0 aromatic heterocycles. The molecule has 0 nitrogen and oxygen atoms in total. The van der Waals surface area contributed by atoms with Crippen molar-refractivity contribution in [3.8, 4) is 46.6 Å². The van der Waals surface area contributed by atoms with Crippen LogP contribution < -0.4 is 0 Å². The van der Waals surface area contributed by atoms with Crippen LogP contribution in [0.5, 0.6) is 0 Å². The molecule has 1 rings (SSSR count). The predicted molar refractivity (Wildman–Crippen MR) is 157 cm³/mol. The van der Waals surface area contributed by atoms with Gasteiger partial charge in [0, 0.05) is 11.1 Å². The third kappa shape index (κ3) is 9.69. The lowest BCUT2D eigenvalue weighted by Crippen LogP contribution is -2.40. The molecule has 32 heavy (non-hydrogen) atoms. The van der Waals surface area contributed by atoms with Crippen LogP contribution in [0.15, 0.2) is 45.8 Å². The van der Waals surface area contributed by atoms with E-state index in [1.807, 2.05) is 24.3 Å². The van der Waals surface area contributed by atoms with Crippen molar-refractivity contribution in [3.05, 3.63) is 45.8 Å². The number of hydrogen-bond donors (Lipinski definition) is 0. The normalized spacial score (nSPS) is 14.6. The van der Waals surface area contributed by atoms with Crippen LogP contribution in [0, 0.1) is 46.6 Å². The van der Waals surface area contributed by atoms with Gasteiger partial charge in [-0.2, -0.15) is 0 Å². The van der Waals surface area contributed by atoms with E-state index in [9.17, 15) is 0 Å². The molecule has 0 atom stereocenters. The molecule has 0 aliphatic heterocycles. The van der Waals surface area contributed by atoms with Crippen LogP contribution in [0.3, 0.4) is 0 Å². The molecular formula is C28H40Si4. The Labute approximate surface area is 202 Å². The van der Waals surface area contributed by atoms with Gasteiger partial charge in [-0.3, -0.25) is 0 Å². The highest BCUT2D eigenvalue weighted by molar-refractivity contribution is 6.91. The smallest absolute Gasteiger partial charge is 0.127 e. The highest BCUT2D eigenvalue weighted by Crippen LogP contribution is 2.44. The average Bonchev–Trinajstić information content (AvgIpc) is 2.54. The lowest BCUT2D eigenvalue weighted by molar-refractivity contribution is 1.36. The minimum Gasteiger partial charge on any atom is -0.127 e. The van der Waals surface area contributed by atoms with Crippen molar-refractivity contribution in [2.75, 3.05) is 0 Å². The van der Waals surface area contributed by atoms with E-state index in [0.29, 0.717) is 0 Å². The molecule has 0 aromatic carbocycles. The highest BCUT2D eigenvalue weighted by atomic mass is 28.3. The van der Waals surface area contributed by atoms with Gasteiger partial charge in [-0.25, -0.2) is 0 Å². The van der Waals surface area contributed by atoms with Gasteiger partial charge in [-0.1, -0.05) is 114 Å². The largest absolute Gasteiger partial charge is 0.129 e. The summed E-state index contributed by atoms with van der Waals surface area (Å²) in [5, 5.41) is 3.05. The van der Waals surface area contributed by atoms with Crippen molar-refractivity contribution in [1.82, 2.24) is 0 Å². The number of hydrogen-bond acceptors (Lipinski definition) is 0. The molecule has 0 saturated carbocycles. The van der Waals surface area contributed by atoms with Crippen molar-refractivity contribution < 1.29 is 0 Å². The van der Waals surface area contributed by atoms with Crippen LogP contribution in [-0.4, -0.2) is 32.3 Å². The zero-order valence-corrected chi connectivity index (χ0v) is 26.3. The number of allylic oxidation sites excluding steroid dienone is 8. The SMILES string of the molecule is C[Si](C)(C)C#C/C=C\C#CC1=C(C#C/C=C\C#C[Si](C)(C)C)C([Si](C)(C)C)=C1[Si](C)(C)C. The van der Waals surface area contributed by atoms with Gasteiger partial charge in [-0.05, 0) is 34.7 Å². The van der Waals surface area contributed by atoms with E-state index in [-0.39, 0.29) is 0 Å². The van der Waals surface area contributed by atoms with Gasteiger partial charge in [-0.15, -0.1) is 11.1 Å². The van der Waals surface area contributed by atoms with Crippen LogP contribution in [0.25, 0.3) is 0 Å². The summed E-state index contributed by atoms with van der Waals surface area (Å²) >= 11 is 0. The van der Waals surface area contributed by atoms with E-state index in [2.05, 4.69) is 125 Å². The summed E-state index contributed by atoms with van der Waals surface area (Å²) in [6, 6.07) is 0. The monoisotopic (exact) mass is 488 g/mol. The summed E-state index contributed by atoms with van der Waals surface area (Å²) < 4.78 is 0. The third-order valence-corrected chi connectivity index (χ3v) is 10.3. The zero-order valence-electron chi connectivity index (χ0n) is 22.3. The summed E-state index contributed by atoms with van der Waals surface area (Å²) in [5.74, 6) is 19.6. The van der Waals surface area contributed by atoms with Crippen LogP contribution >= 0.6 is 0 Å². The standard InChI is InChI=1S/C28H40Si4/c1-29(2,3)23-19-15-13-17-21-25-26(22-18-14-16-20-24-30(4,5)6)28(32(10,11)12)27(25)31(7,8)9/h13-16H,1-12H3/b15-13-,16-14-. The van der Waals surface area contributed by atoms with Gasteiger partial charge in [0.05, 0.1) is 16.1 Å². The summed E-state index contributed by atoms with van der Waals surface area (Å²) in [5.41, 5.74) is 9.03. The van der Waals surface area contributed by atoms with Crippen molar-refractivity contribution >= 4 is 32.3 Å². The summed E-state index contributed by atoms with van der Waals surface area (Å²) in [6.45, 7) is 28.0. The molecule has 168 valence electrons. The molecule has 1 aliphatic rings. The Kier molecular flexibility index (Phi) is 9.48. The van der Waals surface area contributed by atoms with Crippen molar-refractivity contribution in [2.45, 2.75) is 78.6 Å². The topological polar surface area (TPSA) is 0 Å². The molecule has 0 bridgehead atoms. The first-order valence-corrected chi connectivity index (χ1v) is 25.3. The quantitative estimate of drug-likeness (QED) is 0.284. The molecule has 0 N–H and O–H groups in total. The lowest BCUT2D eigenvalue weighted by atomic mass is 9.97. The Hall–Kier alpha value is -1.93. The van der Waals surface area contributed by atoms with E-state index >= 15 is 0 Å². The summed E-state index contributed by atoms with van der Waals surface area (Å²) in [7, 11) is -5.75. The lowest BCUT2D eigenvalue weighted by Gasteiger charge is -2.39. The number of rotatable bonds is 2. The fourth-order valence-electron chi connectivity index (χ4n) is 3.10. The minimum absolute atomic E-state index is 1.17. The van der Waals surface area contributed by atoms with Gasteiger partial charge < -0.3 is 0 Å². The van der Waals surface area contributed by atoms with Crippen molar-refractivity contribution in [1.29, 1.82) is 0 Å². The van der Waals surface area contributed by atoms with Crippen LogP contribution in [0.1, 0.15) is 0 Å². The molecule has 0 aromatic rings. The first kappa shape index (κ1) is 28.1. The fourth-order valence-corrected chi connectivity index (χ4v) is 10.0.